The molecule has 3 aromatic rings. The zero-order chi connectivity index (χ0) is 26.6. The SMILES string of the molecule is C[C@]1(c2cn(-c3ncc(NC(=O)[C@H]4COc5cc(C(F)(F)F)ccc5C4)cc3F)cn2)CCCS1(=O)=O. The first kappa shape index (κ1) is 25.2. The molecule has 196 valence electrons. The number of ether oxygens (including phenoxy) is 1. The van der Waals surface area contributed by atoms with Gasteiger partial charge in [0.05, 0.1) is 34.8 Å². The highest BCUT2D eigenvalue weighted by Crippen LogP contribution is 2.40. The van der Waals surface area contributed by atoms with Crippen LogP contribution in [0.5, 0.6) is 5.75 Å². The van der Waals surface area contributed by atoms with Crippen LogP contribution >= 0.6 is 0 Å². The monoisotopic (exact) mass is 538 g/mol. The number of hydrogen-bond acceptors (Lipinski definition) is 6. The predicted molar refractivity (Wildman–Crippen MR) is 124 cm³/mol. The van der Waals surface area contributed by atoms with Gasteiger partial charge in [-0.25, -0.2) is 22.8 Å². The minimum atomic E-state index is -4.50. The maximum Gasteiger partial charge on any atom is 0.416 e. The van der Waals surface area contributed by atoms with Gasteiger partial charge in [0, 0.05) is 12.3 Å². The molecule has 1 saturated heterocycles. The lowest BCUT2D eigenvalue weighted by Crippen LogP contribution is -2.32. The summed E-state index contributed by atoms with van der Waals surface area (Å²) < 4.78 is 84.1. The molecule has 0 radical (unpaired) electrons. The van der Waals surface area contributed by atoms with Crippen LogP contribution in [0.4, 0.5) is 23.2 Å². The third-order valence-corrected chi connectivity index (χ3v) is 9.50. The van der Waals surface area contributed by atoms with Gasteiger partial charge in [-0.3, -0.25) is 9.36 Å². The Balaban J connectivity index is 1.28. The van der Waals surface area contributed by atoms with E-state index in [9.17, 15) is 30.8 Å². The number of sulfone groups is 1. The highest BCUT2D eigenvalue weighted by molar-refractivity contribution is 7.92. The molecule has 8 nitrogen and oxygen atoms in total. The molecule has 1 aromatic carbocycles. The topological polar surface area (TPSA) is 103 Å². The summed E-state index contributed by atoms with van der Waals surface area (Å²) in [5.41, 5.74) is 0.0198. The fourth-order valence-corrected chi connectivity index (χ4v) is 6.48. The van der Waals surface area contributed by atoms with Crippen LogP contribution in [0.1, 0.15) is 36.6 Å². The average Bonchev–Trinajstić information content (AvgIpc) is 3.43. The summed E-state index contributed by atoms with van der Waals surface area (Å²) in [4.78, 5) is 21.0. The van der Waals surface area contributed by atoms with Crippen molar-refractivity contribution in [1.82, 2.24) is 14.5 Å². The Morgan fingerprint density at radius 2 is 2.03 bits per heavy atom. The van der Waals surface area contributed by atoms with Gasteiger partial charge >= 0.3 is 6.18 Å². The molecule has 1 amide bonds. The number of benzene rings is 1. The van der Waals surface area contributed by atoms with Crippen molar-refractivity contribution in [3.63, 3.8) is 0 Å². The quantitative estimate of drug-likeness (QED) is 0.503. The second kappa shape index (κ2) is 8.82. The highest BCUT2D eigenvalue weighted by atomic mass is 32.2. The minimum absolute atomic E-state index is 0.0730. The number of rotatable bonds is 4. The van der Waals surface area contributed by atoms with Gasteiger partial charge in [-0.1, -0.05) is 6.07 Å². The van der Waals surface area contributed by atoms with Gasteiger partial charge in [0.1, 0.15) is 23.4 Å². The Hall–Kier alpha value is -3.48. The van der Waals surface area contributed by atoms with E-state index >= 15 is 0 Å². The van der Waals surface area contributed by atoms with Crippen molar-refractivity contribution >= 4 is 21.4 Å². The van der Waals surface area contributed by atoms with Crippen LogP contribution in [0.15, 0.2) is 43.0 Å². The number of nitrogens with one attached hydrogen (secondary N) is 1. The number of nitrogens with zero attached hydrogens (tertiary/aromatic N) is 3. The van der Waals surface area contributed by atoms with Crippen LogP contribution in [-0.2, 0) is 32.0 Å². The Labute approximate surface area is 209 Å². The summed E-state index contributed by atoms with van der Waals surface area (Å²) in [5.74, 6) is -1.93. The van der Waals surface area contributed by atoms with Crippen LogP contribution in [-0.4, -0.2) is 41.2 Å². The van der Waals surface area contributed by atoms with Gasteiger partial charge in [-0.2, -0.15) is 13.2 Å². The molecule has 13 heteroatoms. The molecular formula is C24H22F4N4O4S. The standard InChI is InChI=1S/C24H22F4N4O4S/c1-23(5-2-6-37(23,34)35)20-11-32(13-30-20)21-18(25)9-17(10-29-21)31-22(33)15-7-14-3-4-16(24(26,27)28)8-19(14)36-12-15/h3-4,8-11,13,15H,2,5-7,12H2,1H3,(H,31,33)/t15-,23-/m1/s1. The number of hydrogen-bond donors (Lipinski definition) is 1. The van der Waals surface area contributed by atoms with Gasteiger partial charge < -0.3 is 10.1 Å². The predicted octanol–water partition coefficient (Wildman–Crippen LogP) is 4.04. The normalized spacial score (nSPS) is 22.8. The smallest absolute Gasteiger partial charge is 0.416 e. The van der Waals surface area contributed by atoms with E-state index in [-0.39, 0.29) is 36.0 Å². The van der Waals surface area contributed by atoms with Crippen molar-refractivity contribution in [3.8, 4) is 11.6 Å². The van der Waals surface area contributed by atoms with E-state index in [1.807, 2.05) is 0 Å². The number of aromatic nitrogens is 3. The highest BCUT2D eigenvalue weighted by Gasteiger charge is 2.46. The lowest BCUT2D eigenvalue weighted by molar-refractivity contribution is -0.137. The van der Waals surface area contributed by atoms with Crippen LogP contribution in [0.25, 0.3) is 5.82 Å². The lowest BCUT2D eigenvalue weighted by Gasteiger charge is -2.25. The largest absolute Gasteiger partial charge is 0.492 e. The van der Waals surface area contributed by atoms with Gasteiger partial charge in [-0.15, -0.1) is 0 Å². The van der Waals surface area contributed by atoms with E-state index in [4.69, 9.17) is 4.74 Å². The van der Waals surface area contributed by atoms with Crippen molar-refractivity contribution in [2.45, 2.75) is 37.1 Å². The number of carbonyl (C=O) groups is 1. The van der Waals surface area contributed by atoms with E-state index in [0.29, 0.717) is 24.1 Å². The number of amides is 1. The van der Waals surface area contributed by atoms with E-state index in [2.05, 4.69) is 15.3 Å². The molecule has 2 aliphatic heterocycles. The van der Waals surface area contributed by atoms with Crippen LogP contribution in [0.2, 0.25) is 0 Å². The first-order valence-electron chi connectivity index (χ1n) is 11.4. The molecule has 0 bridgehead atoms. The van der Waals surface area contributed by atoms with Gasteiger partial charge in [0.15, 0.2) is 21.5 Å². The van der Waals surface area contributed by atoms with Crippen LogP contribution < -0.4 is 10.1 Å². The first-order valence-corrected chi connectivity index (χ1v) is 13.1. The number of carbonyl (C=O) groups excluding carboxylic acids is 1. The number of alkyl halides is 3. The van der Waals surface area contributed by atoms with Crippen molar-refractivity contribution in [1.29, 1.82) is 0 Å². The lowest BCUT2D eigenvalue weighted by atomic mass is 9.95. The minimum Gasteiger partial charge on any atom is -0.492 e. The number of halogens is 4. The Morgan fingerprint density at radius 1 is 1.24 bits per heavy atom. The summed E-state index contributed by atoms with van der Waals surface area (Å²) in [6.07, 6.45) is 0.585. The number of pyridine rings is 1. The second-order valence-electron chi connectivity index (χ2n) is 9.37. The van der Waals surface area contributed by atoms with Gasteiger partial charge in [0.2, 0.25) is 5.91 Å². The Morgan fingerprint density at radius 3 is 2.70 bits per heavy atom. The molecule has 0 unspecified atom stereocenters. The third kappa shape index (κ3) is 4.56. The molecule has 0 aliphatic carbocycles. The van der Waals surface area contributed by atoms with Crippen molar-refractivity contribution < 1.29 is 35.5 Å². The molecule has 4 heterocycles. The Kier molecular flexibility index (Phi) is 6.00. The summed E-state index contributed by atoms with van der Waals surface area (Å²) in [7, 11) is -3.37. The van der Waals surface area contributed by atoms with Crippen LogP contribution in [0.3, 0.4) is 0 Å². The zero-order valence-electron chi connectivity index (χ0n) is 19.5. The summed E-state index contributed by atoms with van der Waals surface area (Å²) in [6.45, 7) is 1.47. The maximum absolute atomic E-state index is 14.9. The summed E-state index contributed by atoms with van der Waals surface area (Å²) >= 11 is 0. The van der Waals surface area contributed by atoms with E-state index in [1.165, 1.54) is 29.4 Å². The number of fused-ring (bicyclic) bond motifs is 1. The molecule has 2 aliphatic rings. The third-order valence-electron chi connectivity index (χ3n) is 6.88. The molecule has 1 fully saturated rings. The van der Waals surface area contributed by atoms with Crippen molar-refractivity contribution in [2.75, 3.05) is 17.7 Å². The second-order valence-corrected chi connectivity index (χ2v) is 11.9. The molecular weight excluding hydrogens is 516 g/mol. The van der Waals surface area contributed by atoms with Gasteiger partial charge in [0.25, 0.3) is 0 Å². The van der Waals surface area contributed by atoms with Crippen molar-refractivity contribution in [2.24, 2.45) is 5.92 Å². The molecule has 2 aromatic heterocycles. The Bertz CT molecular complexity index is 1490. The van der Waals surface area contributed by atoms with Gasteiger partial charge in [-0.05, 0) is 43.9 Å². The molecule has 37 heavy (non-hydrogen) atoms. The molecule has 5 rings (SSSR count). The fourth-order valence-electron chi connectivity index (χ4n) is 4.63. The fraction of sp³-hybridized carbons (Fsp3) is 0.375. The number of anilines is 1. The maximum atomic E-state index is 14.9. The van der Waals surface area contributed by atoms with E-state index in [1.54, 1.807) is 6.92 Å². The molecule has 0 spiro atoms. The number of imidazole rings is 1. The zero-order valence-corrected chi connectivity index (χ0v) is 20.4. The summed E-state index contributed by atoms with van der Waals surface area (Å²) in [5, 5.41) is 2.56. The van der Waals surface area contributed by atoms with E-state index < -0.39 is 44.0 Å². The molecule has 2 atom stereocenters. The summed E-state index contributed by atoms with van der Waals surface area (Å²) in [6, 6.07) is 4.20. The van der Waals surface area contributed by atoms with Crippen LogP contribution in [0, 0.1) is 11.7 Å². The van der Waals surface area contributed by atoms with E-state index in [0.717, 1.165) is 18.2 Å². The first-order chi connectivity index (χ1) is 17.4. The molecule has 1 N–H and O–H groups in total. The molecule has 0 saturated carbocycles. The average molecular weight is 539 g/mol. The van der Waals surface area contributed by atoms with Crippen molar-refractivity contribution in [3.05, 3.63) is 65.6 Å².